The van der Waals surface area contributed by atoms with Crippen LogP contribution in [-0.4, -0.2) is 31.6 Å². The summed E-state index contributed by atoms with van der Waals surface area (Å²) < 4.78 is 0. The highest BCUT2D eigenvalue weighted by Gasteiger charge is 2.22. The van der Waals surface area contributed by atoms with E-state index in [-0.39, 0.29) is 0 Å². The van der Waals surface area contributed by atoms with Crippen LogP contribution in [0.5, 0.6) is 0 Å². The zero-order chi connectivity index (χ0) is 13.8. The quantitative estimate of drug-likeness (QED) is 0.888. The number of hydrogen-bond donors (Lipinski definition) is 1. The molecule has 0 bridgehead atoms. The van der Waals surface area contributed by atoms with E-state index >= 15 is 0 Å². The van der Waals surface area contributed by atoms with Gasteiger partial charge in [-0.1, -0.05) is 37.5 Å². The highest BCUT2D eigenvalue weighted by Crippen LogP contribution is 2.32. The van der Waals surface area contributed by atoms with Crippen molar-refractivity contribution in [1.29, 1.82) is 0 Å². The van der Waals surface area contributed by atoms with Gasteiger partial charge in [0.15, 0.2) is 0 Å². The van der Waals surface area contributed by atoms with Gasteiger partial charge in [-0.3, -0.25) is 0 Å². The van der Waals surface area contributed by atoms with Gasteiger partial charge in [0.05, 0.1) is 0 Å². The summed E-state index contributed by atoms with van der Waals surface area (Å²) in [4.78, 5) is 2.59. The molecule has 1 fully saturated rings. The number of hydrogen-bond acceptors (Lipinski definition) is 2. The first-order valence-electron chi connectivity index (χ1n) is 8.34. The number of fused-ring (bicyclic) bond motifs is 1. The second kappa shape index (κ2) is 6.62. The van der Waals surface area contributed by atoms with E-state index in [1.165, 1.54) is 62.9 Å². The highest BCUT2D eigenvalue weighted by atomic mass is 15.1. The number of rotatable bonds is 4. The Kier molecular flexibility index (Phi) is 4.62. The molecule has 1 aromatic rings. The molecule has 1 atom stereocenters. The third-order valence-electron chi connectivity index (χ3n) is 5.04. The first-order chi connectivity index (χ1) is 9.83. The third-order valence-corrected chi connectivity index (χ3v) is 5.04. The molecule has 1 saturated carbocycles. The molecule has 1 unspecified atom stereocenters. The summed E-state index contributed by atoms with van der Waals surface area (Å²) in [6, 6.07) is 8.85. The number of para-hydroxylation sites is 1. The van der Waals surface area contributed by atoms with E-state index in [9.17, 15) is 0 Å². The van der Waals surface area contributed by atoms with Gasteiger partial charge in [-0.15, -0.1) is 0 Å². The Balaban J connectivity index is 1.57. The minimum Gasteiger partial charge on any atom is -0.385 e. The Labute approximate surface area is 123 Å². The lowest BCUT2D eigenvalue weighted by Gasteiger charge is -2.32. The highest BCUT2D eigenvalue weighted by molar-refractivity contribution is 5.54. The Morgan fingerprint density at radius 1 is 1.05 bits per heavy atom. The maximum absolute atomic E-state index is 3.53. The smallest absolute Gasteiger partial charge is 0.0376 e. The van der Waals surface area contributed by atoms with E-state index in [1.807, 2.05) is 0 Å². The van der Waals surface area contributed by atoms with Crippen LogP contribution in [0.3, 0.4) is 0 Å². The van der Waals surface area contributed by atoms with Crippen LogP contribution in [0.4, 0.5) is 5.69 Å². The number of anilines is 1. The minimum atomic E-state index is 0.709. The van der Waals surface area contributed by atoms with Crippen molar-refractivity contribution in [2.75, 3.05) is 32.0 Å². The summed E-state index contributed by atoms with van der Waals surface area (Å²) in [7, 11) is 2.32. The molecule has 0 radical (unpaired) electrons. The lowest BCUT2D eigenvalue weighted by molar-refractivity contribution is 0.221. The van der Waals surface area contributed by atoms with E-state index in [0.29, 0.717) is 5.92 Å². The molecule has 1 heterocycles. The van der Waals surface area contributed by atoms with E-state index in [0.717, 1.165) is 12.5 Å². The average molecular weight is 272 g/mol. The molecule has 110 valence electrons. The fourth-order valence-electron chi connectivity index (χ4n) is 4.00. The molecular weight excluding hydrogens is 244 g/mol. The van der Waals surface area contributed by atoms with Crippen molar-refractivity contribution in [2.45, 2.75) is 44.4 Å². The predicted octanol–water partition coefficient (Wildman–Crippen LogP) is 4.10. The lowest BCUT2D eigenvalue weighted by atomic mass is 9.87. The predicted molar refractivity (Wildman–Crippen MR) is 86.4 cm³/mol. The van der Waals surface area contributed by atoms with Gasteiger partial charge in [-0.25, -0.2) is 0 Å². The maximum atomic E-state index is 3.53. The Bertz CT molecular complexity index is 423. The van der Waals surface area contributed by atoms with Gasteiger partial charge in [-0.05, 0) is 43.9 Å². The van der Waals surface area contributed by atoms with Gasteiger partial charge >= 0.3 is 0 Å². The molecule has 0 aromatic heterocycles. The van der Waals surface area contributed by atoms with E-state index in [4.69, 9.17) is 0 Å². The molecular formula is C18H28N2. The summed E-state index contributed by atoms with van der Waals surface area (Å²) in [6.45, 7) is 3.64. The molecule has 0 spiro atoms. The summed E-state index contributed by atoms with van der Waals surface area (Å²) in [6.07, 6.45) is 8.54. The summed E-state index contributed by atoms with van der Waals surface area (Å²) >= 11 is 0. The number of nitrogens with one attached hydrogen (secondary N) is 1. The number of benzene rings is 1. The van der Waals surface area contributed by atoms with Crippen LogP contribution in [0, 0.1) is 5.92 Å². The van der Waals surface area contributed by atoms with Crippen molar-refractivity contribution in [2.24, 2.45) is 5.92 Å². The normalized spacial score (nSPS) is 23.4. The second-order valence-electron chi connectivity index (χ2n) is 6.72. The van der Waals surface area contributed by atoms with Crippen molar-refractivity contribution >= 4 is 5.69 Å². The molecule has 2 aliphatic rings. The van der Waals surface area contributed by atoms with Crippen LogP contribution >= 0.6 is 0 Å². The Morgan fingerprint density at radius 2 is 1.85 bits per heavy atom. The molecule has 20 heavy (non-hydrogen) atoms. The summed E-state index contributed by atoms with van der Waals surface area (Å²) in [5.41, 5.74) is 2.88. The monoisotopic (exact) mass is 272 g/mol. The molecule has 2 heteroatoms. The van der Waals surface area contributed by atoms with Crippen LogP contribution in [0.1, 0.15) is 50.0 Å². The Hall–Kier alpha value is -1.02. The first kappa shape index (κ1) is 13.9. The summed E-state index contributed by atoms with van der Waals surface area (Å²) in [5.74, 6) is 1.66. The first-order valence-corrected chi connectivity index (χ1v) is 8.34. The van der Waals surface area contributed by atoms with Crippen LogP contribution < -0.4 is 5.32 Å². The Morgan fingerprint density at radius 3 is 2.70 bits per heavy atom. The molecule has 0 amide bonds. The zero-order valence-electron chi connectivity index (χ0n) is 12.8. The average Bonchev–Trinajstić information content (AvgIpc) is 2.48. The van der Waals surface area contributed by atoms with Crippen LogP contribution in [-0.2, 0) is 0 Å². The van der Waals surface area contributed by atoms with Gasteiger partial charge in [0.1, 0.15) is 0 Å². The van der Waals surface area contributed by atoms with Crippen LogP contribution in [0.25, 0.3) is 0 Å². The van der Waals surface area contributed by atoms with Gasteiger partial charge < -0.3 is 10.2 Å². The molecule has 3 rings (SSSR count). The fraction of sp³-hybridized carbons (Fsp3) is 0.667. The van der Waals surface area contributed by atoms with Gasteiger partial charge in [-0.2, -0.15) is 0 Å². The van der Waals surface area contributed by atoms with Crippen LogP contribution in [0.15, 0.2) is 24.3 Å². The van der Waals surface area contributed by atoms with E-state index in [1.54, 1.807) is 0 Å². The molecule has 2 nitrogen and oxygen atoms in total. The molecule has 1 aliphatic heterocycles. The fourth-order valence-corrected chi connectivity index (χ4v) is 4.00. The molecule has 1 aliphatic carbocycles. The zero-order valence-corrected chi connectivity index (χ0v) is 12.8. The van der Waals surface area contributed by atoms with Gasteiger partial charge in [0, 0.05) is 31.2 Å². The largest absolute Gasteiger partial charge is 0.385 e. The van der Waals surface area contributed by atoms with Crippen molar-refractivity contribution in [3.05, 3.63) is 29.8 Å². The lowest BCUT2D eigenvalue weighted by Crippen LogP contribution is -2.32. The van der Waals surface area contributed by atoms with Crippen molar-refractivity contribution < 1.29 is 0 Å². The summed E-state index contributed by atoms with van der Waals surface area (Å²) in [5, 5.41) is 3.53. The number of nitrogens with zero attached hydrogens (tertiary/aromatic N) is 1. The SMILES string of the molecule is CN(CC1CCCCC1)CC1CCNc2ccccc21. The van der Waals surface area contributed by atoms with Crippen molar-refractivity contribution in [3.63, 3.8) is 0 Å². The minimum absolute atomic E-state index is 0.709. The number of likely N-dealkylation sites (N-methyl/N-ethyl adjacent to an activating group) is 1. The topological polar surface area (TPSA) is 15.3 Å². The second-order valence-corrected chi connectivity index (χ2v) is 6.72. The van der Waals surface area contributed by atoms with Gasteiger partial charge in [0.25, 0.3) is 0 Å². The molecule has 1 aromatic carbocycles. The third kappa shape index (κ3) is 3.35. The maximum Gasteiger partial charge on any atom is 0.0376 e. The van der Waals surface area contributed by atoms with E-state index in [2.05, 4.69) is 41.5 Å². The van der Waals surface area contributed by atoms with E-state index < -0.39 is 0 Å². The molecule has 1 N–H and O–H groups in total. The standard InChI is InChI=1S/C18H28N2/c1-20(13-15-7-3-2-4-8-15)14-16-11-12-19-18-10-6-5-9-17(16)18/h5-6,9-10,15-16,19H,2-4,7-8,11-14H2,1H3. The molecule has 0 saturated heterocycles. The van der Waals surface area contributed by atoms with Crippen molar-refractivity contribution in [1.82, 2.24) is 4.90 Å². The van der Waals surface area contributed by atoms with Crippen molar-refractivity contribution in [3.8, 4) is 0 Å². The van der Waals surface area contributed by atoms with Gasteiger partial charge in [0.2, 0.25) is 0 Å². The van der Waals surface area contributed by atoms with Crippen LogP contribution in [0.2, 0.25) is 0 Å².